The molecule has 2 aliphatic rings. The van der Waals surface area contributed by atoms with E-state index >= 15 is 0 Å². The van der Waals surface area contributed by atoms with Crippen LogP contribution in [-0.2, 0) is 33.3 Å². The van der Waals surface area contributed by atoms with Gasteiger partial charge in [-0.3, -0.25) is 4.79 Å². The Labute approximate surface area is 199 Å². The summed E-state index contributed by atoms with van der Waals surface area (Å²) in [6.07, 6.45) is 5.35. The van der Waals surface area contributed by atoms with E-state index in [2.05, 4.69) is 15.2 Å². The zero-order chi connectivity index (χ0) is 23.9. The van der Waals surface area contributed by atoms with Gasteiger partial charge < -0.3 is 29.0 Å². The van der Waals surface area contributed by atoms with Crippen LogP contribution in [0.1, 0.15) is 24.6 Å². The summed E-state index contributed by atoms with van der Waals surface area (Å²) in [6, 6.07) is 3.93. The Morgan fingerprint density at radius 1 is 1.32 bits per heavy atom. The average Bonchev–Trinajstić information content (AvgIpc) is 3.38. The second-order valence-corrected chi connectivity index (χ2v) is 9.30. The molecule has 0 radical (unpaired) electrons. The van der Waals surface area contributed by atoms with Crippen LogP contribution in [0.5, 0.6) is 5.75 Å². The van der Waals surface area contributed by atoms with Gasteiger partial charge in [0.2, 0.25) is 5.91 Å². The number of likely N-dealkylation sites (N-methyl/N-ethyl adjacent to an activating group) is 1. The third-order valence-corrected chi connectivity index (χ3v) is 6.48. The first kappa shape index (κ1) is 22.8. The summed E-state index contributed by atoms with van der Waals surface area (Å²) in [5.41, 5.74) is 4.21. The molecule has 1 amide bonds. The molecule has 5 heterocycles. The molecule has 1 atom stereocenters. The number of aromatic nitrogens is 3. The Bertz CT molecular complexity index is 1230. The molecule has 3 aromatic rings. The predicted octanol–water partition coefficient (Wildman–Crippen LogP) is 2.72. The summed E-state index contributed by atoms with van der Waals surface area (Å²) in [4.78, 5) is 23.2. The summed E-state index contributed by atoms with van der Waals surface area (Å²) >= 11 is 0. The van der Waals surface area contributed by atoms with Crippen molar-refractivity contribution in [3.8, 4) is 17.0 Å². The molecule has 9 nitrogen and oxygen atoms in total. The van der Waals surface area contributed by atoms with Gasteiger partial charge in [0.15, 0.2) is 0 Å². The number of rotatable bonds is 6. The lowest BCUT2D eigenvalue weighted by atomic mass is 9.89. The standard InChI is InChI=1S/C25H31N5O4/c1-16(31)27-23-11-18-19(14-30(4)21(18)13-26-23)20-12-22(33-10-7-29(2)3)17-5-8-34-25(24(17)28-20)6-9-32-15-25/h11-14H,5-10,15H2,1-4H3,(H,26,27,31). The number of ether oxygens (including phenoxy) is 3. The fraction of sp³-hybridized carbons (Fsp3) is 0.480. The lowest BCUT2D eigenvalue weighted by Crippen LogP contribution is -2.37. The molecular weight excluding hydrogens is 434 g/mol. The molecule has 180 valence electrons. The number of amides is 1. The van der Waals surface area contributed by atoms with E-state index < -0.39 is 5.60 Å². The van der Waals surface area contributed by atoms with E-state index in [1.54, 1.807) is 6.20 Å². The number of nitrogens with one attached hydrogen (secondary N) is 1. The van der Waals surface area contributed by atoms with Crippen LogP contribution in [0.2, 0.25) is 0 Å². The third-order valence-electron chi connectivity index (χ3n) is 6.48. The summed E-state index contributed by atoms with van der Waals surface area (Å²) in [5, 5.41) is 3.74. The van der Waals surface area contributed by atoms with E-state index in [0.717, 1.165) is 58.6 Å². The molecule has 0 saturated carbocycles. The summed E-state index contributed by atoms with van der Waals surface area (Å²) in [5.74, 6) is 1.20. The molecule has 0 aromatic carbocycles. The molecular formula is C25H31N5O4. The van der Waals surface area contributed by atoms with Crippen molar-refractivity contribution in [3.63, 3.8) is 0 Å². The molecule has 9 heteroatoms. The second-order valence-electron chi connectivity index (χ2n) is 9.30. The second kappa shape index (κ2) is 8.98. The minimum Gasteiger partial charge on any atom is -0.492 e. The van der Waals surface area contributed by atoms with Crippen molar-refractivity contribution in [2.45, 2.75) is 25.4 Å². The first-order chi connectivity index (χ1) is 16.4. The van der Waals surface area contributed by atoms with E-state index in [9.17, 15) is 4.79 Å². The molecule has 1 unspecified atom stereocenters. The highest BCUT2D eigenvalue weighted by Crippen LogP contribution is 2.44. The normalized spacial score (nSPS) is 19.7. The number of hydrogen-bond acceptors (Lipinski definition) is 7. The van der Waals surface area contributed by atoms with Crippen LogP contribution in [0.15, 0.2) is 24.5 Å². The highest BCUT2D eigenvalue weighted by Gasteiger charge is 2.44. The van der Waals surface area contributed by atoms with Crippen molar-refractivity contribution < 1.29 is 19.0 Å². The monoisotopic (exact) mass is 465 g/mol. The van der Waals surface area contributed by atoms with Gasteiger partial charge in [-0.15, -0.1) is 0 Å². The van der Waals surface area contributed by atoms with E-state index in [4.69, 9.17) is 19.2 Å². The minimum absolute atomic E-state index is 0.159. The van der Waals surface area contributed by atoms with Gasteiger partial charge in [-0.25, -0.2) is 9.97 Å². The van der Waals surface area contributed by atoms with E-state index in [0.29, 0.717) is 32.2 Å². The maximum atomic E-state index is 11.6. The number of carbonyl (C=O) groups is 1. The highest BCUT2D eigenvalue weighted by atomic mass is 16.6. The van der Waals surface area contributed by atoms with Crippen LogP contribution in [-0.4, -0.2) is 72.4 Å². The van der Waals surface area contributed by atoms with Crippen LogP contribution >= 0.6 is 0 Å². The Balaban J connectivity index is 1.65. The van der Waals surface area contributed by atoms with Crippen LogP contribution in [0, 0.1) is 0 Å². The topological polar surface area (TPSA) is 90.7 Å². The molecule has 5 rings (SSSR count). The van der Waals surface area contributed by atoms with Gasteiger partial charge in [0.05, 0.1) is 36.3 Å². The lowest BCUT2D eigenvalue weighted by Gasteiger charge is -2.34. The fourth-order valence-corrected chi connectivity index (χ4v) is 4.77. The lowest BCUT2D eigenvalue weighted by molar-refractivity contribution is -0.114. The van der Waals surface area contributed by atoms with Gasteiger partial charge >= 0.3 is 0 Å². The van der Waals surface area contributed by atoms with Crippen LogP contribution in [0.25, 0.3) is 22.2 Å². The van der Waals surface area contributed by atoms with Crippen molar-refractivity contribution in [1.82, 2.24) is 19.4 Å². The van der Waals surface area contributed by atoms with Crippen molar-refractivity contribution in [1.29, 1.82) is 0 Å². The maximum absolute atomic E-state index is 11.6. The van der Waals surface area contributed by atoms with Gasteiger partial charge in [0, 0.05) is 68.7 Å². The van der Waals surface area contributed by atoms with Crippen LogP contribution < -0.4 is 10.1 Å². The Hall–Kier alpha value is -3.01. The fourth-order valence-electron chi connectivity index (χ4n) is 4.77. The summed E-state index contributed by atoms with van der Waals surface area (Å²) in [6.45, 7) is 4.66. The molecule has 3 aromatic heterocycles. The van der Waals surface area contributed by atoms with Crippen molar-refractivity contribution in [2.75, 3.05) is 52.4 Å². The molecule has 0 aliphatic carbocycles. The number of carbonyl (C=O) groups excluding carboxylic acids is 1. The zero-order valence-electron chi connectivity index (χ0n) is 20.2. The molecule has 1 saturated heterocycles. The molecule has 1 spiro atoms. The first-order valence-corrected chi connectivity index (χ1v) is 11.6. The first-order valence-electron chi connectivity index (χ1n) is 11.6. The average molecular weight is 466 g/mol. The van der Waals surface area contributed by atoms with Gasteiger partial charge in [0.25, 0.3) is 0 Å². The SMILES string of the molecule is CC(=O)Nc1cc2c(-c3cc(OCCN(C)C)c4c(n3)C3(CCOC3)OCC4)cn(C)c2cn1. The van der Waals surface area contributed by atoms with Gasteiger partial charge in [-0.1, -0.05) is 0 Å². The molecule has 1 fully saturated rings. The van der Waals surface area contributed by atoms with Gasteiger partial charge in [0.1, 0.15) is 23.8 Å². The van der Waals surface area contributed by atoms with Crippen molar-refractivity contribution in [3.05, 3.63) is 35.8 Å². The van der Waals surface area contributed by atoms with Crippen LogP contribution in [0.4, 0.5) is 5.82 Å². The summed E-state index contributed by atoms with van der Waals surface area (Å²) in [7, 11) is 6.05. The third kappa shape index (κ3) is 4.15. The smallest absolute Gasteiger partial charge is 0.222 e. The molecule has 1 N–H and O–H groups in total. The number of aryl methyl sites for hydroxylation is 1. The van der Waals surface area contributed by atoms with Gasteiger partial charge in [-0.05, 0) is 20.2 Å². The number of fused-ring (bicyclic) bond motifs is 3. The zero-order valence-corrected chi connectivity index (χ0v) is 20.2. The van der Waals surface area contributed by atoms with Crippen molar-refractivity contribution >= 4 is 22.6 Å². The number of anilines is 1. The van der Waals surface area contributed by atoms with E-state index in [-0.39, 0.29) is 5.91 Å². The van der Waals surface area contributed by atoms with E-state index in [1.165, 1.54) is 6.92 Å². The largest absolute Gasteiger partial charge is 0.492 e. The van der Waals surface area contributed by atoms with Crippen molar-refractivity contribution in [2.24, 2.45) is 7.05 Å². The van der Waals surface area contributed by atoms with E-state index in [1.807, 2.05) is 44.0 Å². The Morgan fingerprint density at radius 2 is 2.18 bits per heavy atom. The Kier molecular flexibility index (Phi) is 6.01. The summed E-state index contributed by atoms with van der Waals surface area (Å²) < 4.78 is 20.4. The Morgan fingerprint density at radius 3 is 2.91 bits per heavy atom. The van der Waals surface area contributed by atoms with Gasteiger partial charge in [-0.2, -0.15) is 0 Å². The molecule has 0 bridgehead atoms. The quantitative estimate of drug-likeness (QED) is 0.599. The number of nitrogens with zero attached hydrogens (tertiary/aromatic N) is 4. The van der Waals surface area contributed by atoms with Crippen LogP contribution in [0.3, 0.4) is 0 Å². The predicted molar refractivity (Wildman–Crippen MR) is 129 cm³/mol. The minimum atomic E-state index is -0.531. The molecule has 2 aliphatic heterocycles. The molecule has 34 heavy (non-hydrogen) atoms. The number of hydrogen-bond donors (Lipinski definition) is 1. The number of pyridine rings is 2. The highest BCUT2D eigenvalue weighted by molar-refractivity contribution is 5.98. The maximum Gasteiger partial charge on any atom is 0.222 e.